The van der Waals surface area contributed by atoms with E-state index in [-0.39, 0.29) is 5.75 Å². The molecule has 2 rings (SSSR count). The maximum absolute atomic E-state index is 11.9. The van der Waals surface area contributed by atoms with E-state index in [1.807, 2.05) is 26.0 Å². The van der Waals surface area contributed by atoms with Gasteiger partial charge in [-0.2, -0.15) is 0 Å². The zero-order valence-electron chi connectivity index (χ0n) is 16.1. The number of esters is 1. The first-order valence-electron chi connectivity index (χ1n) is 8.93. The van der Waals surface area contributed by atoms with E-state index >= 15 is 0 Å². The Kier molecular flexibility index (Phi) is 8.94. The van der Waals surface area contributed by atoms with Crippen LogP contribution in [-0.2, 0) is 14.3 Å². The number of thioether (sulfide) groups is 1. The van der Waals surface area contributed by atoms with E-state index in [9.17, 15) is 14.4 Å². The van der Waals surface area contributed by atoms with E-state index in [0.717, 1.165) is 35.9 Å². The molecule has 3 amide bonds. The molecule has 1 heterocycles. The van der Waals surface area contributed by atoms with Crippen LogP contribution in [0.15, 0.2) is 29.7 Å². The Labute approximate surface area is 177 Å². The third-order valence-electron chi connectivity index (χ3n) is 3.70. The van der Waals surface area contributed by atoms with E-state index in [1.54, 1.807) is 10.6 Å². The van der Waals surface area contributed by atoms with Crippen LogP contribution in [0.5, 0.6) is 0 Å². The fraction of sp³-hybridized carbons (Fsp3) is 0.389. The molecule has 0 aliphatic rings. The van der Waals surface area contributed by atoms with Crippen molar-refractivity contribution in [3.05, 3.63) is 35.1 Å². The van der Waals surface area contributed by atoms with Gasteiger partial charge in [0.15, 0.2) is 11.8 Å². The largest absolute Gasteiger partial charge is 0.455 e. The van der Waals surface area contributed by atoms with Gasteiger partial charge in [-0.05, 0) is 31.0 Å². The van der Waals surface area contributed by atoms with Crippen molar-refractivity contribution in [3.63, 3.8) is 0 Å². The topological polar surface area (TPSA) is 115 Å². The zero-order chi connectivity index (χ0) is 21.2. The predicted molar refractivity (Wildman–Crippen MR) is 109 cm³/mol. The van der Waals surface area contributed by atoms with E-state index in [2.05, 4.69) is 20.8 Å². The quantitative estimate of drug-likeness (QED) is 0.350. The lowest BCUT2D eigenvalue weighted by Gasteiger charge is -2.08. The van der Waals surface area contributed by atoms with Gasteiger partial charge >= 0.3 is 12.0 Å². The fourth-order valence-corrected chi connectivity index (χ4v) is 3.03. The Hall–Kier alpha value is -2.59. The molecule has 0 bridgehead atoms. The maximum Gasteiger partial charge on any atom is 0.321 e. The summed E-state index contributed by atoms with van der Waals surface area (Å²) in [6, 6.07) is 4.90. The number of imide groups is 1. The van der Waals surface area contributed by atoms with Crippen LogP contribution in [0.3, 0.4) is 0 Å². The lowest BCUT2D eigenvalue weighted by molar-refractivity contribution is -0.145. The molecule has 2 aromatic rings. The van der Waals surface area contributed by atoms with Gasteiger partial charge in [0.25, 0.3) is 5.91 Å². The van der Waals surface area contributed by atoms with Crippen LogP contribution in [0.1, 0.15) is 25.3 Å². The summed E-state index contributed by atoms with van der Waals surface area (Å²) in [5.74, 6) is -1.39. The van der Waals surface area contributed by atoms with Gasteiger partial charge in [0.05, 0.1) is 11.4 Å². The number of unbranched alkanes of at least 4 members (excludes halogenated alkanes) is 1. The molecule has 0 saturated heterocycles. The molecule has 0 fully saturated rings. The highest BCUT2D eigenvalue weighted by molar-refractivity contribution is 7.99. The highest BCUT2D eigenvalue weighted by Gasteiger charge is 2.14. The Morgan fingerprint density at radius 1 is 1.31 bits per heavy atom. The second-order valence-electron chi connectivity index (χ2n) is 6.02. The average molecular weight is 440 g/mol. The number of rotatable bonds is 9. The van der Waals surface area contributed by atoms with Crippen molar-refractivity contribution in [2.45, 2.75) is 31.8 Å². The number of benzene rings is 1. The number of aryl methyl sites for hydroxylation is 1. The molecule has 29 heavy (non-hydrogen) atoms. The van der Waals surface area contributed by atoms with Gasteiger partial charge < -0.3 is 10.1 Å². The van der Waals surface area contributed by atoms with E-state index in [4.69, 9.17) is 16.3 Å². The van der Waals surface area contributed by atoms with Crippen LogP contribution in [0.4, 0.5) is 4.79 Å². The van der Waals surface area contributed by atoms with Gasteiger partial charge in [-0.25, -0.2) is 4.79 Å². The molecule has 1 aromatic heterocycles. The minimum absolute atomic E-state index is 0.0751. The van der Waals surface area contributed by atoms with Gasteiger partial charge in [0.2, 0.25) is 0 Å². The summed E-state index contributed by atoms with van der Waals surface area (Å²) in [7, 11) is 0. The van der Waals surface area contributed by atoms with E-state index < -0.39 is 24.5 Å². The normalized spacial score (nSPS) is 10.4. The van der Waals surface area contributed by atoms with Crippen LogP contribution in [-0.4, -0.2) is 51.6 Å². The Bertz CT molecular complexity index is 874. The Balaban J connectivity index is 1.79. The number of nitrogens with zero attached hydrogens (tertiary/aromatic N) is 3. The number of amides is 3. The minimum atomic E-state index is -0.699. The molecular weight excluding hydrogens is 418 g/mol. The molecule has 0 aliphatic heterocycles. The lowest BCUT2D eigenvalue weighted by atomic mass is 10.2. The molecule has 9 nitrogen and oxygen atoms in total. The van der Waals surface area contributed by atoms with Crippen molar-refractivity contribution < 1.29 is 19.1 Å². The molecule has 0 unspecified atom stereocenters. The molecule has 156 valence electrons. The fourth-order valence-electron chi connectivity index (χ4n) is 2.13. The molecule has 2 N–H and O–H groups in total. The monoisotopic (exact) mass is 439 g/mol. The molecule has 0 aliphatic carbocycles. The van der Waals surface area contributed by atoms with Crippen LogP contribution in [0.2, 0.25) is 5.02 Å². The number of halogens is 1. The SMILES string of the molecule is CCCCNC(=O)NC(=O)COC(=O)CSc1nncn1-c1ccc(C)c(Cl)c1. The van der Waals surface area contributed by atoms with Crippen LogP contribution in [0.25, 0.3) is 5.69 Å². The molecular formula is C18H22ClN5O4S. The van der Waals surface area contributed by atoms with Crippen molar-refractivity contribution in [2.75, 3.05) is 18.9 Å². The number of nitrogens with one attached hydrogen (secondary N) is 2. The molecule has 1 aromatic carbocycles. The molecule has 0 atom stereocenters. The molecule has 0 saturated carbocycles. The molecule has 11 heteroatoms. The number of hydrogen-bond donors (Lipinski definition) is 2. The van der Waals surface area contributed by atoms with Gasteiger partial charge in [0.1, 0.15) is 6.33 Å². The summed E-state index contributed by atoms with van der Waals surface area (Å²) in [4.78, 5) is 35.0. The van der Waals surface area contributed by atoms with Crippen LogP contribution in [0, 0.1) is 6.92 Å². The first-order valence-corrected chi connectivity index (χ1v) is 10.3. The zero-order valence-corrected chi connectivity index (χ0v) is 17.7. The van der Waals surface area contributed by atoms with Gasteiger partial charge in [0, 0.05) is 11.6 Å². The summed E-state index contributed by atoms with van der Waals surface area (Å²) >= 11 is 7.26. The number of carbonyl (C=O) groups is 3. The first-order chi connectivity index (χ1) is 13.9. The van der Waals surface area contributed by atoms with Crippen molar-refractivity contribution >= 4 is 41.3 Å². The second-order valence-corrected chi connectivity index (χ2v) is 7.37. The Morgan fingerprint density at radius 3 is 2.83 bits per heavy atom. The van der Waals surface area contributed by atoms with E-state index in [0.29, 0.717) is 16.7 Å². The number of hydrogen-bond acceptors (Lipinski definition) is 7. The summed E-state index contributed by atoms with van der Waals surface area (Å²) in [5, 5.41) is 13.5. The van der Waals surface area contributed by atoms with Crippen molar-refractivity contribution in [2.24, 2.45) is 0 Å². The summed E-state index contributed by atoms with van der Waals surface area (Å²) in [6.45, 7) is 3.81. The highest BCUT2D eigenvalue weighted by Crippen LogP contribution is 2.23. The third-order valence-corrected chi connectivity index (χ3v) is 5.03. The molecule has 0 spiro atoms. The summed E-state index contributed by atoms with van der Waals surface area (Å²) in [6.07, 6.45) is 3.25. The maximum atomic E-state index is 11.9. The highest BCUT2D eigenvalue weighted by atomic mass is 35.5. The van der Waals surface area contributed by atoms with Crippen LogP contribution < -0.4 is 10.6 Å². The van der Waals surface area contributed by atoms with Gasteiger partial charge in [-0.3, -0.25) is 19.5 Å². The number of aromatic nitrogens is 3. The first kappa shape index (κ1) is 22.7. The number of urea groups is 1. The summed E-state index contributed by atoms with van der Waals surface area (Å²) < 4.78 is 6.57. The van der Waals surface area contributed by atoms with Crippen molar-refractivity contribution in [1.82, 2.24) is 25.4 Å². The van der Waals surface area contributed by atoms with Crippen molar-refractivity contribution in [3.8, 4) is 5.69 Å². The minimum Gasteiger partial charge on any atom is -0.455 e. The number of ether oxygens (including phenoxy) is 1. The standard InChI is InChI=1S/C18H22ClN5O4S/c1-3-4-7-20-17(27)22-15(25)9-28-16(26)10-29-18-23-21-11-24(18)13-6-5-12(2)14(19)8-13/h5-6,8,11H,3-4,7,9-10H2,1-2H3,(H2,20,22,25,27). The van der Waals surface area contributed by atoms with E-state index in [1.165, 1.54) is 6.33 Å². The third kappa shape index (κ3) is 7.39. The average Bonchev–Trinajstić information content (AvgIpc) is 3.15. The lowest BCUT2D eigenvalue weighted by Crippen LogP contribution is -2.41. The summed E-state index contributed by atoms with van der Waals surface area (Å²) in [5.41, 5.74) is 1.70. The second kappa shape index (κ2) is 11.4. The molecule has 0 radical (unpaired) electrons. The Morgan fingerprint density at radius 2 is 2.10 bits per heavy atom. The van der Waals surface area contributed by atoms with Gasteiger partial charge in [-0.15, -0.1) is 10.2 Å². The number of carbonyl (C=O) groups excluding carboxylic acids is 3. The van der Waals surface area contributed by atoms with Crippen molar-refractivity contribution in [1.29, 1.82) is 0 Å². The van der Waals surface area contributed by atoms with Crippen LogP contribution >= 0.6 is 23.4 Å². The predicted octanol–water partition coefficient (Wildman–Crippen LogP) is 2.49. The van der Waals surface area contributed by atoms with Gasteiger partial charge in [-0.1, -0.05) is 42.8 Å². The smallest absolute Gasteiger partial charge is 0.321 e.